The van der Waals surface area contributed by atoms with E-state index in [2.05, 4.69) is 36.5 Å². The first-order valence-corrected chi connectivity index (χ1v) is 17.0. The highest BCUT2D eigenvalue weighted by Gasteiger charge is 2.29. The predicted octanol–water partition coefficient (Wildman–Crippen LogP) is 8.61. The van der Waals surface area contributed by atoms with Crippen LogP contribution in [0.15, 0.2) is 97.1 Å². The summed E-state index contributed by atoms with van der Waals surface area (Å²) in [5, 5.41) is 2.61. The molecule has 0 saturated carbocycles. The topological polar surface area (TPSA) is 94.2 Å². The van der Waals surface area contributed by atoms with Crippen LogP contribution in [0.5, 0.6) is 5.75 Å². The fourth-order valence-electron chi connectivity index (χ4n) is 5.74. The highest BCUT2D eigenvalue weighted by atomic mass is 16.6. The van der Waals surface area contributed by atoms with E-state index in [4.69, 9.17) is 14.2 Å². The van der Waals surface area contributed by atoms with Gasteiger partial charge >= 0.3 is 18.2 Å². The van der Waals surface area contributed by atoms with E-state index in [1.165, 1.54) is 23.3 Å². The summed E-state index contributed by atoms with van der Waals surface area (Å²) in [6.45, 7) is 8.62. The van der Waals surface area contributed by atoms with Gasteiger partial charge in [0, 0.05) is 19.6 Å². The van der Waals surface area contributed by atoms with E-state index in [1.807, 2.05) is 72.8 Å². The second kappa shape index (κ2) is 16.3. The minimum Gasteiger partial charge on any atom is -0.489 e. The van der Waals surface area contributed by atoms with Crippen LogP contribution in [0.4, 0.5) is 9.59 Å². The summed E-state index contributed by atoms with van der Waals surface area (Å²) in [5.41, 5.74) is 6.50. The predicted molar refractivity (Wildman–Crippen MR) is 190 cm³/mol. The van der Waals surface area contributed by atoms with Crippen LogP contribution in [0.1, 0.15) is 74.3 Å². The molecular weight excluding hydrogens is 616 g/mol. The lowest BCUT2D eigenvalue weighted by Crippen LogP contribution is -2.41. The van der Waals surface area contributed by atoms with Crippen molar-refractivity contribution in [1.29, 1.82) is 0 Å². The van der Waals surface area contributed by atoms with Crippen LogP contribution in [0, 0.1) is 0 Å². The molecule has 5 rings (SSSR count). The van der Waals surface area contributed by atoms with Gasteiger partial charge in [-0.2, -0.15) is 0 Å². The maximum atomic E-state index is 13.2. The van der Waals surface area contributed by atoms with Gasteiger partial charge in [0.1, 0.15) is 18.0 Å². The van der Waals surface area contributed by atoms with E-state index in [-0.39, 0.29) is 6.54 Å². The molecule has 0 aliphatic carbocycles. The van der Waals surface area contributed by atoms with E-state index in [0.29, 0.717) is 37.4 Å². The van der Waals surface area contributed by atoms with Gasteiger partial charge in [-0.15, -0.1) is 0 Å². The van der Waals surface area contributed by atoms with Gasteiger partial charge in [0.05, 0.1) is 5.92 Å². The van der Waals surface area contributed by atoms with Crippen LogP contribution in [0.2, 0.25) is 0 Å². The summed E-state index contributed by atoms with van der Waals surface area (Å²) in [4.78, 5) is 40.6. The number of alkyl carbamates (subject to hydrolysis) is 1. The molecular formula is C41H46N2O6. The number of ether oxygens (including phenoxy) is 3. The molecule has 256 valence electrons. The van der Waals surface area contributed by atoms with Crippen molar-refractivity contribution in [3.63, 3.8) is 0 Å². The number of unbranched alkanes of at least 4 members (excludes halogenated alkanes) is 1. The minimum atomic E-state index is -0.928. The number of rotatable bonds is 11. The summed E-state index contributed by atoms with van der Waals surface area (Å²) < 4.78 is 16.9. The van der Waals surface area contributed by atoms with Gasteiger partial charge in [0.25, 0.3) is 0 Å². The molecule has 0 bridgehead atoms. The highest BCUT2D eigenvalue weighted by Crippen LogP contribution is 2.27. The zero-order valence-corrected chi connectivity index (χ0v) is 28.9. The molecule has 1 N–H and O–H groups in total. The fraction of sp³-hybridized carbons (Fsp3) is 0.341. The van der Waals surface area contributed by atoms with Gasteiger partial charge in [-0.05, 0) is 91.1 Å². The van der Waals surface area contributed by atoms with Crippen molar-refractivity contribution in [3.8, 4) is 16.9 Å². The lowest BCUT2D eigenvalue weighted by atomic mass is 9.96. The molecule has 4 aromatic carbocycles. The van der Waals surface area contributed by atoms with Crippen LogP contribution in [-0.4, -0.2) is 41.7 Å². The lowest BCUT2D eigenvalue weighted by Gasteiger charge is -2.28. The van der Waals surface area contributed by atoms with Crippen molar-refractivity contribution in [3.05, 3.63) is 125 Å². The number of aryl methyl sites for hydroxylation is 1. The van der Waals surface area contributed by atoms with Gasteiger partial charge in [0.15, 0.2) is 0 Å². The number of nitrogens with zero attached hydrogens (tertiary/aromatic N) is 1. The Morgan fingerprint density at radius 1 is 0.837 bits per heavy atom. The van der Waals surface area contributed by atoms with E-state index in [9.17, 15) is 14.4 Å². The Morgan fingerprint density at radius 2 is 1.53 bits per heavy atom. The van der Waals surface area contributed by atoms with Crippen molar-refractivity contribution in [2.75, 3.05) is 13.1 Å². The Hall–Kier alpha value is -5.11. The van der Waals surface area contributed by atoms with E-state index >= 15 is 0 Å². The third-order valence-electron chi connectivity index (χ3n) is 8.44. The average Bonchev–Trinajstić information content (AvgIpc) is 3.10. The Bertz CT molecular complexity index is 1710. The average molecular weight is 663 g/mol. The van der Waals surface area contributed by atoms with Crippen LogP contribution in [0.3, 0.4) is 0 Å². The molecule has 0 spiro atoms. The van der Waals surface area contributed by atoms with Gasteiger partial charge in [-0.1, -0.05) is 98.3 Å². The molecule has 1 aliphatic rings. The standard InChI is InChI=1S/C41H46N2O6/c1-5-6-10-29-13-15-30(16-14-29)28-47-36-22-21-33-23-24-43(27-35(33)25-36)40(46)48-39(45)42-26-37(38(44)49-41(2,3)4)34-19-17-32(18-20-34)31-11-8-7-9-12-31/h7-9,11-22,25,37H,5-6,10,23-24,26-28H2,1-4H3,(H,42,45). The Balaban J connectivity index is 1.16. The van der Waals surface area contributed by atoms with Crippen LogP contribution < -0.4 is 10.1 Å². The smallest absolute Gasteiger partial charge is 0.419 e. The number of hydrogen-bond acceptors (Lipinski definition) is 6. The number of carbonyl (C=O) groups excluding carboxylic acids is 3. The Kier molecular flexibility index (Phi) is 11.7. The number of esters is 1. The van der Waals surface area contributed by atoms with Crippen molar-refractivity contribution in [2.24, 2.45) is 0 Å². The van der Waals surface area contributed by atoms with Crippen molar-refractivity contribution >= 4 is 18.2 Å². The second-order valence-corrected chi connectivity index (χ2v) is 13.4. The quantitative estimate of drug-likeness (QED) is 0.128. The molecule has 8 nitrogen and oxygen atoms in total. The molecule has 1 aliphatic heterocycles. The molecule has 0 aromatic heterocycles. The highest BCUT2D eigenvalue weighted by molar-refractivity contribution is 5.85. The van der Waals surface area contributed by atoms with E-state index in [0.717, 1.165) is 34.2 Å². The lowest BCUT2D eigenvalue weighted by molar-refractivity contribution is -0.156. The number of nitrogens with one attached hydrogen (secondary N) is 1. The Labute approximate surface area is 289 Å². The van der Waals surface area contributed by atoms with Crippen LogP contribution in [-0.2, 0) is 40.3 Å². The van der Waals surface area contributed by atoms with Gasteiger partial charge in [-0.25, -0.2) is 9.59 Å². The maximum Gasteiger partial charge on any atom is 0.419 e. The number of benzene rings is 4. The van der Waals surface area contributed by atoms with Crippen molar-refractivity contribution < 1.29 is 28.6 Å². The molecule has 2 amide bonds. The van der Waals surface area contributed by atoms with Crippen LogP contribution >= 0.6 is 0 Å². The maximum absolute atomic E-state index is 13.2. The number of fused-ring (bicyclic) bond motifs is 1. The molecule has 0 radical (unpaired) electrons. The summed E-state index contributed by atoms with van der Waals surface area (Å²) in [6, 6.07) is 31.9. The second-order valence-electron chi connectivity index (χ2n) is 13.4. The first kappa shape index (κ1) is 35.2. The number of amides is 2. The first-order chi connectivity index (χ1) is 23.6. The molecule has 1 heterocycles. The molecule has 8 heteroatoms. The number of carbonyl (C=O) groups is 3. The monoisotopic (exact) mass is 662 g/mol. The zero-order chi connectivity index (χ0) is 34.8. The number of hydrogen-bond donors (Lipinski definition) is 1. The summed E-state index contributed by atoms with van der Waals surface area (Å²) in [7, 11) is 0. The zero-order valence-electron chi connectivity index (χ0n) is 28.9. The SMILES string of the molecule is CCCCc1ccc(COc2ccc3c(c2)CN(C(=O)OC(=O)NCC(C(=O)OC(C)(C)C)c2ccc(-c4ccccc4)cc2)CC3)cc1. The third kappa shape index (κ3) is 10.2. The molecule has 1 atom stereocenters. The molecule has 0 saturated heterocycles. The largest absolute Gasteiger partial charge is 0.489 e. The molecule has 1 unspecified atom stereocenters. The summed E-state index contributed by atoms with van der Waals surface area (Å²) >= 11 is 0. The summed E-state index contributed by atoms with van der Waals surface area (Å²) in [6.07, 6.45) is 2.39. The van der Waals surface area contributed by atoms with Crippen LogP contribution in [0.25, 0.3) is 11.1 Å². The molecule has 0 fully saturated rings. The fourth-order valence-corrected chi connectivity index (χ4v) is 5.74. The third-order valence-corrected chi connectivity index (χ3v) is 8.44. The van der Waals surface area contributed by atoms with E-state index in [1.54, 1.807) is 20.8 Å². The van der Waals surface area contributed by atoms with Gasteiger partial charge in [0.2, 0.25) is 0 Å². The van der Waals surface area contributed by atoms with Crippen molar-refractivity contribution in [1.82, 2.24) is 10.2 Å². The van der Waals surface area contributed by atoms with Gasteiger partial charge in [-0.3, -0.25) is 4.79 Å². The van der Waals surface area contributed by atoms with Gasteiger partial charge < -0.3 is 24.4 Å². The summed E-state index contributed by atoms with van der Waals surface area (Å²) in [5.74, 6) is -0.570. The molecule has 49 heavy (non-hydrogen) atoms. The van der Waals surface area contributed by atoms with E-state index < -0.39 is 29.7 Å². The normalized spacial score (nSPS) is 13.2. The first-order valence-electron chi connectivity index (χ1n) is 17.0. The molecule has 4 aromatic rings. The Morgan fingerprint density at radius 3 is 2.22 bits per heavy atom. The van der Waals surface area contributed by atoms with Crippen molar-refractivity contribution in [2.45, 2.75) is 78.0 Å². The minimum absolute atomic E-state index is 0.100.